The van der Waals surface area contributed by atoms with Crippen molar-refractivity contribution in [3.05, 3.63) is 54.2 Å². The van der Waals surface area contributed by atoms with Crippen LogP contribution in [0, 0.1) is 0 Å². The number of fused-ring (bicyclic) bond motifs is 1. The minimum Gasteiger partial charge on any atom is -0.495 e. The second kappa shape index (κ2) is 10.6. The molecular weight excluding hydrogens is 408 g/mol. The molecule has 164 valence electrons. The number of anilines is 1. The number of amides is 1. The Labute approximate surface area is 188 Å². The number of piperazine rings is 1. The summed E-state index contributed by atoms with van der Waals surface area (Å²) in [5, 5.41) is 4.14. The molecule has 2 aromatic carbocycles. The maximum Gasteiger partial charge on any atom is 0.226 e. The van der Waals surface area contributed by atoms with Gasteiger partial charge in [-0.1, -0.05) is 30.3 Å². The SMILES string of the molecule is COc1ccccc1N1CCN(CCCCNC(=O)Cc2nsc3ccccc23)CC1. The van der Waals surface area contributed by atoms with Gasteiger partial charge in [0, 0.05) is 38.1 Å². The predicted octanol–water partition coefficient (Wildman–Crippen LogP) is 3.57. The summed E-state index contributed by atoms with van der Waals surface area (Å²) in [7, 11) is 1.73. The van der Waals surface area contributed by atoms with Crippen molar-refractivity contribution in [2.45, 2.75) is 19.3 Å². The van der Waals surface area contributed by atoms with Crippen molar-refractivity contribution < 1.29 is 9.53 Å². The number of para-hydroxylation sites is 2. The van der Waals surface area contributed by atoms with Crippen molar-refractivity contribution in [3.8, 4) is 5.75 Å². The molecule has 0 saturated carbocycles. The summed E-state index contributed by atoms with van der Waals surface area (Å²) in [6.07, 6.45) is 2.44. The molecule has 0 radical (unpaired) electrons. The summed E-state index contributed by atoms with van der Waals surface area (Å²) in [6.45, 7) is 5.94. The first-order chi connectivity index (χ1) is 15.2. The number of ether oxygens (including phenoxy) is 1. The van der Waals surface area contributed by atoms with Crippen molar-refractivity contribution in [2.24, 2.45) is 0 Å². The number of nitrogens with zero attached hydrogens (tertiary/aromatic N) is 3. The molecule has 0 aliphatic carbocycles. The molecule has 0 bridgehead atoms. The smallest absolute Gasteiger partial charge is 0.226 e. The van der Waals surface area contributed by atoms with E-state index < -0.39 is 0 Å². The van der Waals surface area contributed by atoms with E-state index >= 15 is 0 Å². The molecule has 2 heterocycles. The molecule has 1 fully saturated rings. The normalized spacial score (nSPS) is 14.7. The summed E-state index contributed by atoms with van der Waals surface area (Å²) in [6, 6.07) is 16.3. The Balaban J connectivity index is 1.12. The van der Waals surface area contributed by atoms with E-state index in [1.807, 2.05) is 36.4 Å². The highest BCUT2D eigenvalue weighted by Crippen LogP contribution is 2.28. The van der Waals surface area contributed by atoms with Crippen LogP contribution in [0.2, 0.25) is 0 Å². The van der Waals surface area contributed by atoms with Crippen LogP contribution in [0.3, 0.4) is 0 Å². The lowest BCUT2D eigenvalue weighted by molar-refractivity contribution is -0.120. The van der Waals surface area contributed by atoms with Crippen molar-refractivity contribution in [1.29, 1.82) is 0 Å². The maximum absolute atomic E-state index is 12.3. The number of rotatable bonds is 9. The first-order valence-corrected chi connectivity index (χ1v) is 11.7. The van der Waals surface area contributed by atoms with Crippen LogP contribution in [0.5, 0.6) is 5.75 Å². The van der Waals surface area contributed by atoms with E-state index in [9.17, 15) is 4.79 Å². The van der Waals surface area contributed by atoms with Crippen LogP contribution < -0.4 is 15.0 Å². The summed E-state index contributed by atoms with van der Waals surface area (Å²) in [5.41, 5.74) is 2.06. The van der Waals surface area contributed by atoms with E-state index in [0.717, 1.165) is 73.6 Å². The molecule has 4 rings (SSSR count). The molecule has 0 spiro atoms. The lowest BCUT2D eigenvalue weighted by atomic mass is 10.1. The quantitative estimate of drug-likeness (QED) is 0.518. The van der Waals surface area contributed by atoms with Gasteiger partial charge in [0.05, 0.1) is 29.6 Å². The van der Waals surface area contributed by atoms with Gasteiger partial charge in [-0.05, 0) is 49.1 Å². The first-order valence-electron chi connectivity index (χ1n) is 10.9. The number of carbonyl (C=O) groups is 1. The average molecular weight is 439 g/mol. The fourth-order valence-corrected chi connectivity index (χ4v) is 4.87. The van der Waals surface area contributed by atoms with Crippen molar-refractivity contribution >= 4 is 33.2 Å². The van der Waals surface area contributed by atoms with Gasteiger partial charge < -0.3 is 15.0 Å². The van der Waals surface area contributed by atoms with Crippen molar-refractivity contribution in [2.75, 3.05) is 51.3 Å². The lowest BCUT2D eigenvalue weighted by Gasteiger charge is -2.36. The molecule has 0 unspecified atom stereocenters. The van der Waals surface area contributed by atoms with Crippen molar-refractivity contribution in [1.82, 2.24) is 14.6 Å². The fourth-order valence-electron chi connectivity index (χ4n) is 4.07. The second-order valence-electron chi connectivity index (χ2n) is 7.86. The molecule has 1 amide bonds. The van der Waals surface area contributed by atoms with Crippen LogP contribution >= 0.6 is 11.5 Å². The summed E-state index contributed by atoms with van der Waals surface area (Å²) < 4.78 is 11.1. The number of hydrogen-bond donors (Lipinski definition) is 1. The Morgan fingerprint density at radius 3 is 2.68 bits per heavy atom. The number of unbranched alkanes of at least 4 members (excludes halogenated alkanes) is 1. The zero-order valence-corrected chi connectivity index (χ0v) is 18.9. The monoisotopic (exact) mass is 438 g/mol. The first kappa shape index (κ1) is 21.6. The van der Waals surface area contributed by atoms with Crippen LogP contribution in [0.25, 0.3) is 10.1 Å². The van der Waals surface area contributed by atoms with Crippen LogP contribution in [0.15, 0.2) is 48.5 Å². The van der Waals surface area contributed by atoms with Gasteiger partial charge in [0.25, 0.3) is 0 Å². The second-order valence-corrected chi connectivity index (χ2v) is 8.66. The Hall–Kier alpha value is -2.64. The molecule has 7 heteroatoms. The summed E-state index contributed by atoms with van der Waals surface area (Å²) in [5.74, 6) is 0.999. The van der Waals surface area contributed by atoms with Gasteiger partial charge in [-0.15, -0.1) is 0 Å². The molecular formula is C24H30N4O2S. The highest BCUT2D eigenvalue weighted by atomic mass is 32.1. The van der Waals surface area contributed by atoms with Gasteiger partial charge in [-0.3, -0.25) is 9.69 Å². The Morgan fingerprint density at radius 2 is 1.84 bits per heavy atom. The van der Waals surface area contributed by atoms with Gasteiger partial charge in [-0.2, -0.15) is 4.37 Å². The molecule has 31 heavy (non-hydrogen) atoms. The highest BCUT2D eigenvalue weighted by molar-refractivity contribution is 7.13. The minimum atomic E-state index is 0.0569. The van der Waals surface area contributed by atoms with Crippen molar-refractivity contribution in [3.63, 3.8) is 0 Å². The Kier molecular flexibility index (Phi) is 7.38. The predicted molar refractivity (Wildman–Crippen MR) is 127 cm³/mol. The number of methoxy groups -OCH3 is 1. The van der Waals surface area contributed by atoms with Crippen LogP contribution in [0.1, 0.15) is 18.5 Å². The van der Waals surface area contributed by atoms with E-state index in [1.54, 1.807) is 7.11 Å². The zero-order chi connectivity index (χ0) is 21.5. The largest absolute Gasteiger partial charge is 0.495 e. The van der Waals surface area contributed by atoms with E-state index in [4.69, 9.17) is 4.74 Å². The van der Waals surface area contributed by atoms with E-state index in [1.165, 1.54) is 17.2 Å². The topological polar surface area (TPSA) is 57.7 Å². The molecule has 1 N–H and O–H groups in total. The maximum atomic E-state index is 12.3. The van der Waals surface area contributed by atoms with E-state index in [0.29, 0.717) is 6.42 Å². The van der Waals surface area contributed by atoms with Gasteiger partial charge in [0.15, 0.2) is 0 Å². The molecule has 1 saturated heterocycles. The van der Waals surface area contributed by atoms with Gasteiger partial charge in [0.2, 0.25) is 5.91 Å². The number of carbonyl (C=O) groups excluding carboxylic acids is 1. The zero-order valence-electron chi connectivity index (χ0n) is 18.0. The molecule has 1 aliphatic rings. The molecule has 1 aliphatic heterocycles. The highest BCUT2D eigenvalue weighted by Gasteiger charge is 2.19. The van der Waals surface area contributed by atoms with E-state index in [-0.39, 0.29) is 5.91 Å². The fraction of sp³-hybridized carbons (Fsp3) is 0.417. The third kappa shape index (κ3) is 5.54. The average Bonchev–Trinajstić information content (AvgIpc) is 3.22. The standard InChI is InChI=1S/C24H30N4O2S/c1-30-22-10-4-3-9-21(22)28-16-14-27(15-17-28)13-7-6-12-25-24(29)18-20-19-8-2-5-11-23(19)31-26-20/h2-5,8-11H,6-7,12-18H2,1H3,(H,25,29). The van der Waals surface area contributed by atoms with Gasteiger partial charge in [-0.25, -0.2) is 0 Å². The number of hydrogen-bond acceptors (Lipinski definition) is 6. The Bertz CT molecular complexity index is 998. The lowest BCUT2D eigenvalue weighted by Crippen LogP contribution is -2.46. The third-order valence-electron chi connectivity index (χ3n) is 5.80. The number of benzene rings is 2. The summed E-state index contributed by atoms with van der Waals surface area (Å²) >= 11 is 1.46. The van der Waals surface area contributed by atoms with Crippen LogP contribution in [-0.4, -0.2) is 61.6 Å². The molecule has 1 aromatic heterocycles. The third-order valence-corrected chi connectivity index (χ3v) is 6.67. The summed E-state index contributed by atoms with van der Waals surface area (Å²) in [4.78, 5) is 17.2. The Morgan fingerprint density at radius 1 is 1.06 bits per heavy atom. The number of aromatic nitrogens is 1. The van der Waals surface area contributed by atoms with Crippen LogP contribution in [0.4, 0.5) is 5.69 Å². The van der Waals surface area contributed by atoms with E-state index in [2.05, 4.69) is 31.6 Å². The minimum absolute atomic E-state index is 0.0569. The molecule has 0 atom stereocenters. The number of nitrogens with one attached hydrogen (secondary N) is 1. The van der Waals surface area contributed by atoms with Gasteiger partial charge >= 0.3 is 0 Å². The molecule has 6 nitrogen and oxygen atoms in total. The van der Waals surface area contributed by atoms with Gasteiger partial charge in [0.1, 0.15) is 5.75 Å². The molecule has 3 aromatic rings. The van der Waals surface area contributed by atoms with Crippen LogP contribution in [-0.2, 0) is 11.2 Å².